The SMILES string of the molecule is ClCC1(C(Cl)Cl)[C@H]2C[C@@H](Cl)C1(C(Cl)Cl)CC2(Cl)Cl. The first-order valence-corrected chi connectivity index (χ1v) is 8.78. The van der Waals surface area contributed by atoms with Crippen LogP contribution in [0, 0.1) is 16.7 Å². The fourth-order valence-electron chi connectivity index (χ4n) is 3.63. The Hall–Kier alpha value is 2.32. The molecule has 0 saturated heterocycles. The highest BCUT2D eigenvalue weighted by Crippen LogP contribution is 2.77. The summed E-state index contributed by atoms with van der Waals surface area (Å²) in [6, 6.07) is 0. The van der Waals surface area contributed by atoms with Crippen molar-refractivity contribution < 1.29 is 0 Å². The van der Waals surface area contributed by atoms with Gasteiger partial charge in [0.25, 0.3) is 0 Å². The van der Waals surface area contributed by atoms with Crippen molar-refractivity contribution in [3.63, 3.8) is 0 Å². The van der Waals surface area contributed by atoms with Gasteiger partial charge in [-0.15, -0.1) is 92.8 Å². The van der Waals surface area contributed by atoms with Gasteiger partial charge in [0.05, 0.1) is 0 Å². The monoisotopic (exact) mass is 410 g/mol. The van der Waals surface area contributed by atoms with Crippen LogP contribution in [-0.4, -0.2) is 25.3 Å². The van der Waals surface area contributed by atoms with Gasteiger partial charge in [0.1, 0.15) is 14.0 Å². The summed E-state index contributed by atoms with van der Waals surface area (Å²) in [7, 11) is 0. The molecule has 4 atom stereocenters. The third-order valence-electron chi connectivity index (χ3n) is 4.53. The molecule has 106 valence electrons. The molecule has 0 spiro atoms. The minimum absolute atomic E-state index is 0.162. The molecule has 0 amide bonds. The summed E-state index contributed by atoms with van der Waals surface area (Å²) in [5, 5.41) is -0.299. The van der Waals surface area contributed by atoms with Gasteiger partial charge in [-0.05, 0) is 12.8 Å². The number of hydrogen-bond acceptors (Lipinski definition) is 0. The number of hydrogen-bond donors (Lipinski definition) is 0. The number of alkyl halides is 8. The van der Waals surface area contributed by atoms with E-state index in [1.165, 1.54) is 0 Å². The minimum atomic E-state index is -1.01. The van der Waals surface area contributed by atoms with E-state index in [9.17, 15) is 0 Å². The smallest absolute Gasteiger partial charge is 0.122 e. The Morgan fingerprint density at radius 3 is 1.94 bits per heavy atom. The van der Waals surface area contributed by atoms with Crippen LogP contribution in [0.5, 0.6) is 0 Å². The maximum Gasteiger partial charge on any atom is 0.122 e. The largest absolute Gasteiger partial charge is 0.126 e. The standard InChI is InChI=1S/C10H10Cl8/c11-3-9(7(15)16)4-1-5(12)8(9,6(13)14)2-10(4,17)18/h4-7H,1-3H2/t4-,5-,8?,9?/m1/s1. The maximum absolute atomic E-state index is 6.43. The highest BCUT2D eigenvalue weighted by molar-refractivity contribution is 6.51. The van der Waals surface area contributed by atoms with Gasteiger partial charge < -0.3 is 0 Å². The predicted molar refractivity (Wildman–Crippen MR) is 83.4 cm³/mol. The summed E-state index contributed by atoms with van der Waals surface area (Å²) in [6.45, 7) is 0. The molecule has 0 heterocycles. The van der Waals surface area contributed by atoms with Gasteiger partial charge in [0, 0.05) is 28.0 Å². The van der Waals surface area contributed by atoms with Crippen molar-refractivity contribution in [3.8, 4) is 0 Å². The van der Waals surface area contributed by atoms with E-state index in [2.05, 4.69) is 0 Å². The van der Waals surface area contributed by atoms with Crippen molar-refractivity contribution >= 4 is 92.8 Å². The van der Waals surface area contributed by atoms with Crippen molar-refractivity contribution in [2.75, 3.05) is 5.88 Å². The molecule has 18 heavy (non-hydrogen) atoms. The zero-order chi connectivity index (χ0) is 13.9. The number of rotatable bonds is 3. The molecule has 2 fully saturated rings. The van der Waals surface area contributed by atoms with E-state index in [1.54, 1.807) is 0 Å². The third-order valence-corrected chi connectivity index (χ3v) is 7.89. The van der Waals surface area contributed by atoms with Crippen LogP contribution < -0.4 is 0 Å². The molecule has 2 aliphatic carbocycles. The normalized spacial score (nSPS) is 46.3. The number of fused-ring (bicyclic) bond motifs is 2. The molecule has 0 aliphatic heterocycles. The molecule has 0 nitrogen and oxygen atoms in total. The maximum atomic E-state index is 6.43. The summed E-state index contributed by atoms with van der Waals surface area (Å²) >= 11 is 50.1. The van der Waals surface area contributed by atoms with Gasteiger partial charge in [-0.25, -0.2) is 0 Å². The highest BCUT2D eigenvalue weighted by Gasteiger charge is 2.79. The first-order valence-electron chi connectivity index (χ1n) is 5.31. The van der Waals surface area contributed by atoms with Crippen LogP contribution in [0.15, 0.2) is 0 Å². The van der Waals surface area contributed by atoms with Crippen LogP contribution in [0.1, 0.15) is 12.8 Å². The second kappa shape index (κ2) is 5.20. The van der Waals surface area contributed by atoms with E-state index < -0.39 is 24.8 Å². The summed E-state index contributed by atoms with van der Waals surface area (Å²) in [5.74, 6) is -0.0660. The lowest BCUT2D eigenvalue weighted by Crippen LogP contribution is -2.50. The van der Waals surface area contributed by atoms with Gasteiger partial charge in [0.15, 0.2) is 0 Å². The van der Waals surface area contributed by atoms with Crippen LogP contribution in [0.2, 0.25) is 0 Å². The minimum Gasteiger partial charge on any atom is -0.126 e. The van der Waals surface area contributed by atoms with Gasteiger partial charge in [-0.3, -0.25) is 0 Å². The van der Waals surface area contributed by atoms with Crippen molar-refractivity contribution in [1.29, 1.82) is 0 Å². The average molecular weight is 414 g/mol. The van der Waals surface area contributed by atoms with Crippen LogP contribution in [0.25, 0.3) is 0 Å². The molecule has 2 aliphatic rings. The lowest BCUT2D eigenvalue weighted by molar-refractivity contribution is 0.144. The van der Waals surface area contributed by atoms with Crippen LogP contribution >= 0.6 is 92.8 Å². The van der Waals surface area contributed by atoms with Crippen molar-refractivity contribution in [3.05, 3.63) is 0 Å². The van der Waals surface area contributed by atoms with Crippen molar-refractivity contribution in [1.82, 2.24) is 0 Å². The Kier molecular flexibility index (Phi) is 4.82. The first kappa shape index (κ1) is 16.7. The summed E-state index contributed by atoms with van der Waals surface area (Å²) in [6.07, 6.45) is 0.884. The first-order chi connectivity index (χ1) is 8.16. The molecule has 0 N–H and O–H groups in total. The molecular formula is C10H10Cl8. The van der Waals surface area contributed by atoms with E-state index >= 15 is 0 Å². The van der Waals surface area contributed by atoms with Crippen molar-refractivity contribution in [2.45, 2.75) is 32.2 Å². The van der Waals surface area contributed by atoms with E-state index in [0.717, 1.165) is 0 Å². The topological polar surface area (TPSA) is 0 Å². The Balaban J connectivity index is 2.64. The third kappa shape index (κ3) is 1.86. The molecule has 0 aromatic rings. The fourth-order valence-corrected chi connectivity index (χ4v) is 7.83. The van der Waals surface area contributed by atoms with Crippen LogP contribution in [-0.2, 0) is 0 Å². The van der Waals surface area contributed by atoms with Crippen LogP contribution in [0.4, 0.5) is 0 Å². The Bertz CT molecular complexity index is 335. The molecule has 2 saturated carbocycles. The molecule has 2 rings (SSSR count). The molecule has 0 aromatic heterocycles. The second-order valence-electron chi connectivity index (χ2n) is 5.01. The Labute approximate surface area is 146 Å². The zero-order valence-electron chi connectivity index (χ0n) is 8.95. The van der Waals surface area contributed by atoms with E-state index in [1.807, 2.05) is 0 Å². The van der Waals surface area contributed by atoms with Gasteiger partial charge >= 0.3 is 0 Å². The van der Waals surface area contributed by atoms with Gasteiger partial charge in [0.2, 0.25) is 0 Å². The summed E-state index contributed by atoms with van der Waals surface area (Å²) in [4.78, 5) is -1.58. The lowest BCUT2D eigenvalue weighted by Gasteiger charge is -2.45. The summed E-state index contributed by atoms with van der Waals surface area (Å²) in [5.41, 5.74) is -1.55. The quantitative estimate of drug-likeness (QED) is 0.497. The summed E-state index contributed by atoms with van der Waals surface area (Å²) < 4.78 is -1.01. The molecule has 0 aromatic carbocycles. The van der Waals surface area contributed by atoms with Gasteiger partial charge in [-0.2, -0.15) is 0 Å². The molecular weight excluding hydrogens is 404 g/mol. The Morgan fingerprint density at radius 2 is 1.61 bits per heavy atom. The molecule has 2 bridgehead atoms. The van der Waals surface area contributed by atoms with E-state index in [-0.39, 0.29) is 17.2 Å². The molecule has 8 heteroatoms. The fraction of sp³-hybridized carbons (Fsp3) is 1.00. The molecule has 0 radical (unpaired) electrons. The van der Waals surface area contributed by atoms with Crippen LogP contribution in [0.3, 0.4) is 0 Å². The molecule has 2 unspecified atom stereocenters. The van der Waals surface area contributed by atoms with E-state index in [0.29, 0.717) is 12.8 Å². The second-order valence-corrected chi connectivity index (χ2v) is 9.54. The zero-order valence-corrected chi connectivity index (χ0v) is 15.0. The van der Waals surface area contributed by atoms with Crippen molar-refractivity contribution in [2.24, 2.45) is 16.7 Å². The van der Waals surface area contributed by atoms with Gasteiger partial charge in [-0.1, -0.05) is 0 Å². The highest BCUT2D eigenvalue weighted by atomic mass is 35.5. The lowest BCUT2D eigenvalue weighted by atomic mass is 9.70. The average Bonchev–Trinajstić information content (AvgIpc) is 2.61. The number of halogens is 8. The predicted octanol–water partition coefficient (Wildman–Crippen LogP) is 6.01. The van der Waals surface area contributed by atoms with E-state index in [4.69, 9.17) is 92.8 Å². The Morgan fingerprint density at radius 1 is 1.06 bits per heavy atom.